The van der Waals surface area contributed by atoms with Gasteiger partial charge in [-0.2, -0.15) is 5.10 Å². The van der Waals surface area contributed by atoms with E-state index in [4.69, 9.17) is 21.6 Å². The standard InChI is InChI=1S/C22H20ClN5/c23-17-11-6-4-8-14(17)20-24-18-12-3-1-2-9-15(18)21(25-20)26-22-16-10-5-7-13-19(16)27-28-22/h4-8,10-11,13H,1-3,9,12H2,(H2,24,25,26,27,28). The van der Waals surface area contributed by atoms with Gasteiger partial charge in [-0.1, -0.05) is 42.3 Å². The third-order valence-electron chi connectivity index (χ3n) is 5.26. The Morgan fingerprint density at radius 1 is 0.857 bits per heavy atom. The maximum atomic E-state index is 6.43. The molecule has 5 nitrogen and oxygen atoms in total. The van der Waals surface area contributed by atoms with Crippen molar-refractivity contribution in [1.82, 2.24) is 20.2 Å². The van der Waals surface area contributed by atoms with Gasteiger partial charge in [-0.25, -0.2) is 9.97 Å². The Labute approximate surface area is 168 Å². The van der Waals surface area contributed by atoms with E-state index in [0.717, 1.165) is 59.5 Å². The molecule has 0 saturated heterocycles. The van der Waals surface area contributed by atoms with Crippen LogP contribution in [0.15, 0.2) is 48.5 Å². The van der Waals surface area contributed by atoms with Crippen LogP contribution in [0.4, 0.5) is 11.6 Å². The third kappa shape index (κ3) is 3.12. The smallest absolute Gasteiger partial charge is 0.163 e. The molecule has 2 N–H and O–H groups in total. The first-order chi connectivity index (χ1) is 13.8. The molecule has 1 aliphatic rings. The molecular weight excluding hydrogens is 370 g/mol. The zero-order valence-corrected chi connectivity index (χ0v) is 16.1. The van der Waals surface area contributed by atoms with E-state index in [9.17, 15) is 0 Å². The number of aryl methyl sites for hydroxylation is 1. The third-order valence-corrected chi connectivity index (χ3v) is 5.58. The molecule has 0 saturated carbocycles. The van der Waals surface area contributed by atoms with E-state index in [0.29, 0.717) is 10.8 Å². The molecule has 0 bridgehead atoms. The summed E-state index contributed by atoms with van der Waals surface area (Å²) in [5, 5.41) is 12.7. The number of rotatable bonds is 3. The summed E-state index contributed by atoms with van der Waals surface area (Å²) in [6.07, 6.45) is 5.45. The maximum Gasteiger partial charge on any atom is 0.163 e. The minimum absolute atomic E-state index is 0.659. The monoisotopic (exact) mass is 389 g/mol. The van der Waals surface area contributed by atoms with Gasteiger partial charge in [0.15, 0.2) is 11.6 Å². The number of fused-ring (bicyclic) bond motifs is 2. The number of anilines is 2. The Balaban J connectivity index is 1.65. The molecule has 2 heterocycles. The Morgan fingerprint density at radius 2 is 1.68 bits per heavy atom. The van der Waals surface area contributed by atoms with E-state index in [-0.39, 0.29) is 0 Å². The van der Waals surface area contributed by atoms with Crippen LogP contribution in [0, 0.1) is 0 Å². The van der Waals surface area contributed by atoms with Crippen molar-refractivity contribution in [2.24, 2.45) is 0 Å². The molecule has 2 aromatic carbocycles. The van der Waals surface area contributed by atoms with Crippen molar-refractivity contribution in [2.45, 2.75) is 32.1 Å². The summed E-state index contributed by atoms with van der Waals surface area (Å²) < 4.78 is 0. The summed E-state index contributed by atoms with van der Waals surface area (Å²) >= 11 is 6.43. The highest BCUT2D eigenvalue weighted by atomic mass is 35.5. The second-order valence-corrected chi connectivity index (χ2v) is 7.51. The van der Waals surface area contributed by atoms with Crippen LogP contribution in [0.2, 0.25) is 5.02 Å². The minimum atomic E-state index is 0.659. The van der Waals surface area contributed by atoms with Gasteiger partial charge in [0.05, 0.1) is 10.5 Å². The topological polar surface area (TPSA) is 66.5 Å². The van der Waals surface area contributed by atoms with Crippen molar-refractivity contribution < 1.29 is 0 Å². The largest absolute Gasteiger partial charge is 0.323 e. The van der Waals surface area contributed by atoms with E-state index < -0.39 is 0 Å². The molecule has 6 heteroatoms. The van der Waals surface area contributed by atoms with Crippen LogP contribution in [0.25, 0.3) is 22.3 Å². The first-order valence-corrected chi connectivity index (χ1v) is 10.0. The van der Waals surface area contributed by atoms with Crippen LogP contribution in [0.5, 0.6) is 0 Å². The molecule has 5 rings (SSSR count). The lowest BCUT2D eigenvalue weighted by Gasteiger charge is -2.14. The van der Waals surface area contributed by atoms with Gasteiger partial charge in [-0.3, -0.25) is 5.10 Å². The van der Waals surface area contributed by atoms with Gasteiger partial charge in [-0.05, 0) is 49.9 Å². The summed E-state index contributed by atoms with van der Waals surface area (Å²) in [5.74, 6) is 2.28. The van der Waals surface area contributed by atoms with Crippen molar-refractivity contribution in [1.29, 1.82) is 0 Å². The number of benzene rings is 2. The number of nitrogens with one attached hydrogen (secondary N) is 2. The molecule has 140 valence electrons. The highest BCUT2D eigenvalue weighted by Gasteiger charge is 2.19. The summed E-state index contributed by atoms with van der Waals surface area (Å²) in [6.45, 7) is 0. The molecule has 0 unspecified atom stereocenters. The number of nitrogens with zero attached hydrogens (tertiary/aromatic N) is 3. The Morgan fingerprint density at radius 3 is 2.61 bits per heavy atom. The second-order valence-electron chi connectivity index (χ2n) is 7.10. The minimum Gasteiger partial charge on any atom is -0.323 e. The summed E-state index contributed by atoms with van der Waals surface area (Å²) in [7, 11) is 0. The Bertz CT molecular complexity index is 1150. The molecule has 1 aliphatic carbocycles. The molecule has 28 heavy (non-hydrogen) atoms. The zero-order valence-electron chi connectivity index (χ0n) is 15.4. The van der Waals surface area contributed by atoms with E-state index in [1.807, 2.05) is 42.5 Å². The number of hydrogen-bond donors (Lipinski definition) is 2. The average molecular weight is 390 g/mol. The lowest BCUT2D eigenvalue weighted by molar-refractivity contribution is 0.709. The molecule has 0 spiro atoms. The lowest BCUT2D eigenvalue weighted by atomic mass is 10.1. The lowest BCUT2D eigenvalue weighted by Crippen LogP contribution is -2.07. The molecule has 4 aromatic rings. The van der Waals surface area contributed by atoms with E-state index >= 15 is 0 Å². The fourth-order valence-electron chi connectivity index (χ4n) is 3.81. The first-order valence-electron chi connectivity index (χ1n) is 9.64. The van der Waals surface area contributed by atoms with Gasteiger partial charge in [0, 0.05) is 22.2 Å². The fraction of sp³-hybridized carbons (Fsp3) is 0.227. The number of hydrogen-bond acceptors (Lipinski definition) is 4. The van der Waals surface area contributed by atoms with Crippen LogP contribution < -0.4 is 5.32 Å². The predicted octanol–water partition coefficient (Wildman–Crippen LogP) is 5.69. The van der Waals surface area contributed by atoms with Gasteiger partial charge in [0.25, 0.3) is 0 Å². The Kier molecular flexibility index (Phi) is 4.45. The number of para-hydroxylation sites is 1. The van der Waals surface area contributed by atoms with Crippen LogP contribution in [-0.4, -0.2) is 20.2 Å². The van der Waals surface area contributed by atoms with Gasteiger partial charge in [-0.15, -0.1) is 0 Å². The van der Waals surface area contributed by atoms with Crippen LogP contribution in [0.1, 0.15) is 30.5 Å². The van der Waals surface area contributed by atoms with Gasteiger partial charge >= 0.3 is 0 Å². The Hall–Kier alpha value is -2.92. The van der Waals surface area contributed by atoms with Crippen molar-refractivity contribution in [2.75, 3.05) is 5.32 Å². The summed E-state index contributed by atoms with van der Waals surface area (Å²) in [6, 6.07) is 15.8. The second kappa shape index (κ2) is 7.24. The molecule has 2 aromatic heterocycles. The van der Waals surface area contributed by atoms with Gasteiger partial charge in [0.1, 0.15) is 5.82 Å². The van der Waals surface area contributed by atoms with E-state index in [1.54, 1.807) is 0 Å². The summed E-state index contributed by atoms with van der Waals surface area (Å²) in [4.78, 5) is 9.77. The molecule has 0 radical (unpaired) electrons. The maximum absolute atomic E-state index is 6.43. The predicted molar refractivity (Wildman–Crippen MR) is 113 cm³/mol. The molecular formula is C22H20ClN5. The normalized spacial score (nSPS) is 13.9. The van der Waals surface area contributed by atoms with E-state index in [1.165, 1.54) is 12.0 Å². The summed E-state index contributed by atoms with van der Waals surface area (Å²) in [5.41, 5.74) is 4.16. The van der Waals surface area contributed by atoms with Gasteiger partial charge in [0.2, 0.25) is 0 Å². The molecule has 0 amide bonds. The molecule has 0 aliphatic heterocycles. The highest BCUT2D eigenvalue weighted by Crippen LogP contribution is 2.33. The van der Waals surface area contributed by atoms with Crippen molar-refractivity contribution in [3.8, 4) is 11.4 Å². The van der Waals surface area contributed by atoms with Gasteiger partial charge < -0.3 is 5.32 Å². The SMILES string of the molecule is Clc1ccccc1-c1nc2c(c(Nc3n[nH]c4ccccc34)n1)CCCCC2. The number of halogens is 1. The first kappa shape index (κ1) is 17.2. The van der Waals surface area contributed by atoms with Crippen LogP contribution in [0.3, 0.4) is 0 Å². The number of aromatic amines is 1. The van der Waals surface area contributed by atoms with E-state index in [2.05, 4.69) is 21.6 Å². The zero-order chi connectivity index (χ0) is 18.9. The van der Waals surface area contributed by atoms with Crippen molar-refractivity contribution in [3.63, 3.8) is 0 Å². The molecule has 0 fully saturated rings. The molecule has 0 atom stereocenters. The quantitative estimate of drug-likeness (QED) is 0.442. The van der Waals surface area contributed by atoms with Crippen molar-refractivity contribution in [3.05, 3.63) is 64.8 Å². The number of H-pyrrole nitrogens is 1. The van der Waals surface area contributed by atoms with Crippen LogP contribution >= 0.6 is 11.6 Å². The number of aromatic nitrogens is 4. The highest BCUT2D eigenvalue weighted by molar-refractivity contribution is 6.33. The fourth-order valence-corrected chi connectivity index (χ4v) is 4.03. The van der Waals surface area contributed by atoms with Crippen molar-refractivity contribution >= 4 is 34.1 Å². The average Bonchev–Trinajstić information content (AvgIpc) is 2.96. The van der Waals surface area contributed by atoms with Crippen LogP contribution in [-0.2, 0) is 12.8 Å².